The molecule has 2 aromatic rings. The molecule has 1 saturated carbocycles. The zero-order chi connectivity index (χ0) is 62.6. The number of benzene rings is 2. The van der Waals surface area contributed by atoms with Gasteiger partial charge in [0.25, 0.3) is 0 Å². The molecule has 0 unspecified atom stereocenters. The fraction of sp³-hybridized carbons (Fsp3) is 0.681. The maximum atomic E-state index is 12.8. The van der Waals surface area contributed by atoms with Crippen molar-refractivity contribution in [2.75, 3.05) is 59.5 Å². The molecule has 0 atom stereocenters. The summed E-state index contributed by atoms with van der Waals surface area (Å²) >= 11 is 0. The number of hydrogen-bond donors (Lipinski definition) is 0. The van der Waals surface area contributed by atoms with Gasteiger partial charge in [0.1, 0.15) is 11.5 Å². The molecule has 0 aliphatic heterocycles. The molecular weight excluding hydrogens is 1120 g/mol. The van der Waals surface area contributed by atoms with Gasteiger partial charge in [-0.15, -0.1) is 0 Å². The van der Waals surface area contributed by atoms with E-state index in [1.54, 1.807) is 24.3 Å². The second-order valence-electron chi connectivity index (χ2n) is 22.4. The van der Waals surface area contributed by atoms with Crippen LogP contribution in [0, 0.1) is 0 Å². The first-order valence-electron chi connectivity index (χ1n) is 32.8. The Hall–Kier alpha value is -6.30. The lowest BCUT2D eigenvalue weighted by Crippen LogP contribution is -2.21. The van der Waals surface area contributed by atoms with E-state index in [0.29, 0.717) is 172 Å². The third-order valence-corrected chi connectivity index (χ3v) is 14.9. The fourth-order valence-electron chi connectivity index (χ4n) is 9.62. The van der Waals surface area contributed by atoms with Crippen LogP contribution in [0.4, 0.5) is 0 Å². The van der Waals surface area contributed by atoms with Crippen LogP contribution in [-0.2, 0) is 71.5 Å². The third-order valence-electron chi connectivity index (χ3n) is 14.9. The van der Waals surface area contributed by atoms with Gasteiger partial charge in [0.2, 0.25) is 0 Å². The highest BCUT2D eigenvalue weighted by atomic mass is 16.6. The van der Waals surface area contributed by atoms with Gasteiger partial charge in [0.15, 0.2) is 0 Å². The zero-order valence-corrected chi connectivity index (χ0v) is 52.5. The molecule has 0 bridgehead atoms. The molecule has 488 valence electrons. The van der Waals surface area contributed by atoms with E-state index in [-0.39, 0.29) is 41.9 Å². The largest absolute Gasteiger partial charge is 0.494 e. The van der Waals surface area contributed by atoms with E-state index in [0.717, 1.165) is 141 Å². The van der Waals surface area contributed by atoms with Gasteiger partial charge in [-0.2, -0.15) is 0 Å². The Morgan fingerprint density at radius 2 is 0.713 bits per heavy atom. The summed E-state index contributed by atoms with van der Waals surface area (Å²) in [6.45, 7) is 9.17. The molecule has 0 heterocycles. The summed E-state index contributed by atoms with van der Waals surface area (Å²) in [6, 6.07) is 14.8. The predicted octanol–water partition coefficient (Wildman–Crippen LogP) is 14.4. The monoisotopic (exact) mass is 1220 g/mol. The van der Waals surface area contributed by atoms with Crippen LogP contribution < -0.4 is 9.47 Å². The Morgan fingerprint density at radius 1 is 0.379 bits per heavy atom. The smallest absolute Gasteiger partial charge is 0.343 e. The van der Waals surface area contributed by atoms with Crippen LogP contribution in [0.2, 0.25) is 0 Å². The van der Waals surface area contributed by atoms with Crippen molar-refractivity contribution in [3.8, 4) is 11.5 Å². The summed E-state index contributed by atoms with van der Waals surface area (Å²) in [5.41, 5.74) is 1.69. The average molecular weight is 1220 g/mol. The van der Waals surface area contributed by atoms with Crippen molar-refractivity contribution in [2.24, 2.45) is 0 Å². The van der Waals surface area contributed by atoms with Crippen molar-refractivity contribution >= 4 is 47.8 Å². The van der Waals surface area contributed by atoms with Crippen molar-refractivity contribution < 1.29 is 85.7 Å². The van der Waals surface area contributed by atoms with Gasteiger partial charge in [0.05, 0.1) is 64.5 Å². The minimum atomic E-state index is -0.421. The number of esters is 8. The highest BCUT2D eigenvalue weighted by molar-refractivity contribution is 5.91. The normalized spacial score (nSPS) is 13.6. The summed E-state index contributed by atoms with van der Waals surface area (Å²) in [6.07, 6.45) is 27.4. The number of carbonyl (C=O) groups excluding carboxylic acids is 8. The summed E-state index contributed by atoms with van der Waals surface area (Å²) < 4.78 is 54.4. The molecular formula is C69H104O18. The topological polar surface area (TPSA) is 229 Å². The highest BCUT2D eigenvalue weighted by Crippen LogP contribution is 2.35. The Kier molecular flexibility index (Phi) is 43.7. The van der Waals surface area contributed by atoms with Gasteiger partial charge in [0, 0.05) is 51.2 Å². The molecule has 0 aromatic heterocycles. The van der Waals surface area contributed by atoms with Crippen LogP contribution in [0.3, 0.4) is 0 Å². The maximum Gasteiger partial charge on any atom is 0.343 e. The van der Waals surface area contributed by atoms with Crippen LogP contribution in [0.25, 0.3) is 0 Å². The SMILES string of the molecule is C=CC(=O)OCCCCCCOc1ccc(C(=O)Oc2ccc([C@H]3CC[C@H](OCCCCCCOC(=O)CCCCCOC(=O)CCCCCOC(=O)CCCCCOC(=O)CCCCCOC(=O)CCCCCOC(=O)CCCC)CC3)cc2)cc1. The summed E-state index contributed by atoms with van der Waals surface area (Å²) in [5.74, 6) is -0.534. The van der Waals surface area contributed by atoms with Crippen molar-refractivity contribution in [1.82, 2.24) is 0 Å². The average Bonchev–Trinajstić information content (AvgIpc) is 3.70. The summed E-state index contributed by atoms with van der Waals surface area (Å²) in [4.78, 5) is 95.7. The van der Waals surface area contributed by atoms with E-state index < -0.39 is 11.9 Å². The first-order chi connectivity index (χ1) is 42.4. The van der Waals surface area contributed by atoms with E-state index in [9.17, 15) is 38.4 Å². The second kappa shape index (κ2) is 50.7. The van der Waals surface area contributed by atoms with Crippen molar-refractivity contribution in [2.45, 2.75) is 244 Å². The van der Waals surface area contributed by atoms with Gasteiger partial charge in [-0.25, -0.2) is 9.59 Å². The lowest BCUT2D eigenvalue weighted by Gasteiger charge is -2.29. The molecule has 18 nitrogen and oxygen atoms in total. The fourth-order valence-corrected chi connectivity index (χ4v) is 9.62. The molecule has 0 amide bonds. The van der Waals surface area contributed by atoms with Crippen molar-refractivity contribution in [1.29, 1.82) is 0 Å². The second-order valence-corrected chi connectivity index (χ2v) is 22.4. The molecule has 1 aliphatic rings. The predicted molar refractivity (Wildman–Crippen MR) is 330 cm³/mol. The minimum Gasteiger partial charge on any atom is -0.494 e. The number of unbranched alkanes of at least 4 members (excludes halogenated alkanes) is 17. The van der Waals surface area contributed by atoms with Gasteiger partial charge in [-0.1, -0.05) is 38.5 Å². The Labute approximate surface area is 518 Å². The van der Waals surface area contributed by atoms with E-state index in [1.165, 1.54) is 5.56 Å². The lowest BCUT2D eigenvalue weighted by molar-refractivity contribution is -0.146. The molecule has 0 saturated heterocycles. The highest BCUT2D eigenvalue weighted by Gasteiger charge is 2.23. The van der Waals surface area contributed by atoms with E-state index in [2.05, 4.69) is 18.7 Å². The first-order valence-corrected chi connectivity index (χ1v) is 32.8. The molecule has 1 fully saturated rings. The molecule has 18 heteroatoms. The van der Waals surface area contributed by atoms with Crippen molar-refractivity contribution in [3.63, 3.8) is 0 Å². The number of hydrogen-bond acceptors (Lipinski definition) is 18. The maximum absolute atomic E-state index is 12.8. The van der Waals surface area contributed by atoms with Gasteiger partial charge in [-0.05, 0) is 221 Å². The van der Waals surface area contributed by atoms with E-state index >= 15 is 0 Å². The van der Waals surface area contributed by atoms with Crippen molar-refractivity contribution in [3.05, 3.63) is 72.3 Å². The van der Waals surface area contributed by atoms with Crippen LogP contribution in [0.5, 0.6) is 11.5 Å². The first kappa shape index (κ1) is 75.0. The molecule has 0 radical (unpaired) electrons. The standard InChI is InChI=1S/C69H104O18/c1-3-5-29-63(71)81-51-24-10-15-31-65(73)83-53-26-12-17-33-67(75)85-55-28-14-19-34-68(76)86-54-27-13-18-32-66(74)84-52-25-11-16-30-64(72)82-50-23-9-7-21-47-78-59-41-35-56(36-42-59)57-37-45-61(46-38-57)87-69(77)58-39-43-60(44-40-58)79-48-20-6-8-22-49-80-62(70)4-2/h4,37-40,43-46,56,59H,2-3,5-36,41-42,47-55H2,1H3/t56-,59-. The van der Waals surface area contributed by atoms with Gasteiger partial charge in [-0.3, -0.25) is 28.8 Å². The third kappa shape index (κ3) is 40.7. The quantitative estimate of drug-likeness (QED) is 0.0197. The van der Waals surface area contributed by atoms with Crippen LogP contribution >= 0.6 is 0 Å². The molecule has 3 rings (SSSR count). The molecule has 0 N–H and O–H groups in total. The molecule has 2 aromatic carbocycles. The molecule has 1 aliphatic carbocycles. The molecule has 0 spiro atoms. The van der Waals surface area contributed by atoms with Gasteiger partial charge >= 0.3 is 47.8 Å². The Balaban J connectivity index is 1.02. The summed E-state index contributed by atoms with van der Waals surface area (Å²) in [7, 11) is 0. The van der Waals surface area contributed by atoms with Crippen LogP contribution in [0.15, 0.2) is 61.2 Å². The number of carbonyl (C=O) groups is 8. The minimum absolute atomic E-state index is 0.162. The summed E-state index contributed by atoms with van der Waals surface area (Å²) in [5, 5.41) is 0. The van der Waals surface area contributed by atoms with E-state index in [4.69, 9.17) is 47.4 Å². The van der Waals surface area contributed by atoms with E-state index in [1.807, 2.05) is 19.1 Å². The Morgan fingerprint density at radius 3 is 1.09 bits per heavy atom. The van der Waals surface area contributed by atoms with Crippen LogP contribution in [-0.4, -0.2) is 113 Å². The lowest BCUT2D eigenvalue weighted by atomic mass is 9.83. The molecule has 87 heavy (non-hydrogen) atoms. The zero-order valence-electron chi connectivity index (χ0n) is 52.5. The number of rotatable bonds is 53. The number of ether oxygens (including phenoxy) is 10. The Bertz CT molecular complexity index is 2200. The van der Waals surface area contributed by atoms with Gasteiger partial charge < -0.3 is 47.4 Å². The van der Waals surface area contributed by atoms with Crippen LogP contribution in [0.1, 0.15) is 253 Å².